The third-order valence-electron chi connectivity index (χ3n) is 8.57. The molecule has 42 heavy (non-hydrogen) atoms. The maximum absolute atomic E-state index is 15.0. The van der Waals surface area contributed by atoms with Gasteiger partial charge in [0.2, 0.25) is 0 Å². The molecule has 0 unspecified atom stereocenters. The number of ether oxygens (including phenoxy) is 3. The topological polar surface area (TPSA) is 92.4 Å². The van der Waals surface area contributed by atoms with Crippen molar-refractivity contribution in [1.29, 1.82) is 0 Å². The van der Waals surface area contributed by atoms with Gasteiger partial charge in [-0.1, -0.05) is 46.2 Å². The number of imidazole rings is 1. The number of carbonyl (C=O) groups excluding carboxylic acids is 1. The highest BCUT2D eigenvalue weighted by Crippen LogP contribution is 2.60. The zero-order chi connectivity index (χ0) is 30.4. The van der Waals surface area contributed by atoms with Gasteiger partial charge in [-0.3, -0.25) is 4.57 Å². The average Bonchev–Trinajstić information content (AvgIpc) is 3.27. The quantitative estimate of drug-likeness (QED) is 0.185. The molecule has 2 aliphatic carbocycles. The molecule has 5 rings (SSSR count). The van der Waals surface area contributed by atoms with E-state index in [4.69, 9.17) is 24.3 Å². The fraction of sp³-hybridized carbons (Fsp3) is 0.633. The van der Waals surface area contributed by atoms with Crippen LogP contribution in [-0.2, 0) is 35.8 Å². The molecule has 0 aliphatic heterocycles. The number of nitrogens with zero attached hydrogens (tertiary/aromatic N) is 4. The van der Waals surface area contributed by atoms with Gasteiger partial charge in [0, 0.05) is 59.8 Å². The van der Waals surface area contributed by atoms with E-state index in [9.17, 15) is 4.79 Å². The van der Waals surface area contributed by atoms with E-state index in [0.29, 0.717) is 41.5 Å². The Morgan fingerprint density at radius 3 is 2.40 bits per heavy atom. The molecule has 1 saturated carbocycles. The van der Waals surface area contributed by atoms with Crippen molar-refractivity contribution in [3.05, 3.63) is 29.2 Å². The van der Waals surface area contributed by atoms with E-state index in [1.165, 1.54) is 36.9 Å². The first kappa shape index (κ1) is 30.9. The zero-order valence-electron chi connectivity index (χ0n) is 26.4. The van der Waals surface area contributed by atoms with Crippen molar-refractivity contribution < 1.29 is 23.4 Å². The van der Waals surface area contributed by atoms with Gasteiger partial charge in [0.1, 0.15) is 19.2 Å². The molecule has 9 nitrogen and oxygen atoms in total. The molecule has 2 aliphatic rings. The summed E-state index contributed by atoms with van der Waals surface area (Å²) >= 11 is 0. The van der Waals surface area contributed by atoms with Gasteiger partial charge in [-0.05, 0) is 42.7 Å². The normalized spacial score (nSPS) is 20.0. The summed E-state index contributed by atoms with van der Waals surface area (Å²) in [7, 11) is -1.07. The van der Waals surface area contributed by atoms with Crippen LogP contribution in [0.2, 0.25) is 51.4 Å². The van der Waals surface area contributed by atoms with Gasteiger partial charge >= 0.3 is 6.09 Å². The van der Waals surface area contributed by atoms with Gasteiger partial charge in [-0.2, -0.15) is 5.10 Å². The molecule has 230 valence electrons. The molecular weight excluding hydrogens is 570 g/mol. The fourth-order valence-electron chi connectivity index (χ4n) is 5.63. The smallest absolute Gasteiger partial charge is 0.407 e. The van der Waals surface area contributed by atoms with Crippen LogP contribution < -0.4 is 10.1 Å². The molecule has 12 heteroatoms. The summed E-state index contributed by atoms with van der Waals surface area (Å²) in [6.07, 6.45) is 2.37. The van der Waals surface area contributed by atoms with Gasteiger partial charge in [-0.15, -0.1) is 0 Å². The SMILES string of the molecule is CNC(=O)Oc1cc2c(cc1F)nc(-c1nn(COCC[Si](C)(C)C)c3c1C[C@@H]1C[C@]1(C)C3)n2COCC[Si](C)(C)C. The molecule has 0 spiro atoms. The Labute approximate surface area is 250 Å². The Bertz CT molecular complexity index is 1480. The molecule has 1 N–H and O–H groups in total. The monoisotopic (exact) mass is 615 g/mol. The lowest BCUT2D eigenvalue weighted by Gasteiger charge is -2.20. The Kier molecular flexibility index (Phi) is 8.47. The summed E-state index contributed by atoms with van der Waals surface area (Å²) < 4.78 is 36.5. The van der Waals surface area contributed by atoms with Crippen LogP contribution in [-0.4, -0.2) is 61.8 Å². The van der Waals surface area contributed by atoms with Crippen LogP contribution in [0.3, 0.4) is 0 Å². The maximum Gasteiger partial charge on any atom is 0.412 e. The molecule has 1 fully saturated rings. The maximum atomic E-state index is 15.0. The summed E-state index contributed by atoms with van der Waals surface area (Å²) in [6, 6.07) is 4.96. The van der Waals surface area contributed by atoms with Crippen LogP contribution in [0, 0.1) is 17.2 Å². The minimum atomic E-state index is -1.30. The molecule has 0 bridgehead atoms. The lowest BCUT2D eigenvalue weighted by atomic mass is 9.87. The van der Waals surface area contributed by atoms with E-state index in [-0.39, 0.29) is 12.5 Å². The number of hydrogen-bond donors (Lipinski definition) is 1. The minimum Gasteiger partial charge on any atom is -0.407 e. The van der Waals surface area contributed by atoms with Gasteiger partial charge in [0.25, 0.3) is 0 Å². The van der Waals surface area contributed by atoms with Gasteiger partial charge in [0.15, 0.2) is 17.4 Å². The third-order valence-corrected chi connectivity index (χ3v) is 12.0. The van der Waals surface area contributed by atoms with E-state index >= 15 is 4.39 Å². The van der Waals surface area contributed by atoms with Crippen molar-refractivity contribution in [2.45, 2.75) is 91.0 Å². The summed E-state index contributed by atoms with van der Waals surface area (Å²) in [4.78, 5) is 16.8. The summed E-state index contributed by atoms with van der Waals surface area (Å²) in [6.45, 7) is 18.3. The molecule has 1 aromatic carbocycles. The van der Waals surface area contributed by atoms with E-state index in [1.54, 1.807) is 0 Å². The van der Waals surface area contributed by atoms with Crippen LogP contribution >= 0.6 is 0 Å². The number of aromatic nitrogens is 4. The summed E-state index contributed by atoms with van der Waals surface area (Å²) in [5, 5.41) is 7.47. The summed E-state index contributed by atoms with van der Waals surface area (Å²) in [5.74, 6) is 0.452. The number of fused-ring (bicyclic) bond motifs is 3. The van der Waals surface area contributed by atoms with Crippen LogP contribution in [0.5, 0.6) is 5.75 Å². The lowest BCUT2D eigenvalue weighted by molar-refractivity contribution is 0.0756. The second kappa shape index (κ2) is 11.5. The molecule has 2 atom stereocenters. The van der Waals surface area contributed by atoms with Gasteiger partial charge in [-0.25, -0.2) is 18.9 Å². The predicted molar refractivity (Wildman–Crippen MR) is 168 cm³/mol. The fourth-order valence-corrected chi connectivity index (χ4v) is 7.14. The van der Waals surface area contributed by atoms with E-state index < -0.39 is 28.1 Å². The van der Waals surface area contributed by atoms with Crippen LogP contribution in [0.25, 0.3) is 22.6 Å². The summed E-state index contributed by atoms with van der Waals surface area (Å²) in [5.41, 5.74) is 4.61. The van der Waals surface area contributed by atoms with Crippen molar-refractivity contribution in [2.24, 2.45) is 11.3 Å². The first-order valence-electron chi connectivity index (χ1n) is 15.0. The standard InChI is InChI=1S/C30H46FN5O4Si2/c1-30-16-20(30)13-21-25(17-30)36(19-39-10-12-42(6,7)8)34-27(21)28-33-23-14-22(31)26(40-29(37)32-2)15-24(23)35(28)18-38-9-11-41(3,4)5/h14-15,20H,9-13,16-19H2,1-8H3,(H,32,37)/t20-,30-/m1/s1. The van der Waals surface area contributed by atoms with Crippen LogP contribution in [0.1, 0.15) is 24.6 Å². The number of benzene rings is 1. The molecule has 2 aromatic heterocycles. The van der Waals surface area contributed by atoms with Gasteiger partial charge in [0.05, 0.1) is 11.0 Å². The number of hydrogen-bond acceptors (Lipinski definition) is 6. The van der Waals surface area contributed by atoms with Gasteiger partial charge < -0.3 is 19.5 Å². The Hall–Kier alpha value is -2.55. The highest BCUT2D eigenvalue weighted by molar-refractivity contribution is 6.76. The highest BCUT2D eigenvalue weighted by atomic mass is 28.3. The van der Waals surface area contributed by atoms with E-state index in [0.717, 1.165) is 37.2 Å². The lowest BCUT2D eigenvalue weighted by Crippen LogP contribution is -2.23. The second-order valence-corrected chi connectivity index (χ2v) is 25.9. The minimum absolute atomic E-state index is 0.159. The zero-order valence-corrected chi connectivity index (χ0v) is 28.4. The van der Waals surface area contributed by atoms with Crippen molar-refractivity contribution in [3.8, 4) is 17.3 Å². The number of halogens is 1. The van der Waals surface area contributed by atoms with Crippen LogP contribution in [0.15, 0.2) is 12.1 Å². The molecule has 0 saturated heterocycles. The van der Waals surface area contributed by atoms with Crippen molar-refractivity contribution in [1.82, 2.24) is 24.6 Å². The van der Waals surface area contributed by atoms with Crippen molar-refractivity contribution in [2.75, 3.05) is 20.3 Å². The predicted octanol–water partition coefficient (Wildman–Crippen LogP) is 6.51. The molecule has 1 amide bonds. The molecule has 3 aromatic rings. The number of amides is 1. The Morgan fingerprint density at radius 1 is 1.10 bits per heavy atom. The van der Waals surface area contributed by atoms with E-state index in [1.807, 2.05) is 9.25 Å². The molecule has 2 heterocycles. The first-order valence-corrected chi connectivity index (χ1v) is 22.4. The Morgan fingerprint density at radius 2 is 1.76 bits per heavy atom. The number of rotatable bonds is 12. The van der Waals surface area contributed by atoms with Crippen LogP contribution in [0.4, 0.5) is 9.18 Å². The van der Waals surface area contributed by atoms with Crippen molar-refractivity contribution >= 4 is 33.3 Å². The number of carbonyl (C=O) groups is 1. The second-order valence-electron chi connectivity index (χ2n) is 14.7. The highest BCUT2D eigenvalue weighted by Gasteiger charge is 2.54. The number of nitrogens with one attached hydrogen (secondary N) is 1. The first-order chi connectivity index (χ1) is 19.7. The van der Waals surface area contributed by atoms with E-state index in [2.05, 4.69) is 51.5 Å². The molecular formula is C30H46FN5O4Si2. The third kappa shape index (κ3) is 6.82. The molecule has 0 radical (unpaired) electrons. The Balaban J connectivity index is 1.54. The average molecular weight is 616 g/mol. The van der Waals surface area contributed by atoms with Crippen molar-refractivity contribution in [3.63, 3.8) is 0 Å². The largest absolute Gasteiger partial charge is 0.412 e.